The minimum Gasteiger partial charge on any atom is -0.387 e. The summed E-state index contributed by atoms with van der Waals surface area (Å²) < 4.78 is 2.64. The number of rotatable bonds is 4. The van der Waals surface area contributed by atoms with Gasteiger partial charge in [0.2, 0.25) is 5.13 Å². The summed E-state index contributed by atoms with van der Waals surface area (Å²) in [5.74, 6) is 0. The van der Waals surface area contributed by atoms with Crippen LogP contribution in [-0.2, 0) is 6.67 Å². The molecule has 1 aliphatic rings. The second kappa shape index (κ2) is 6.87. The van der Waals surface area contributed by atoms with Crippen molar-refractivity contribution in [3.05, 3.63) is 33.8 Å². The number of quaternary nitrogens is 1. The Morgan fingerprint density at radius 3 is 3.09 bits per heavy atom. The van der Waals surface area contributed by atoms with Crippen molar-refractivity contribution in [3.8, 4) is 0 Å². The summed E-state index contributed by atoms with van der Waals surface area (Å²) in [6.45, 7) is 4.64. The number of anilines is 2. The van der Waals surface area contributed by atoms with E-state index in [1.807, 2.05) is 22.9 Å². The van der Waals surface area contributed by atoms with Crippen molar-refractivity contribution in [3.63, 3.8) is 0 Å². The molecule has 0 aliphatic carbocycles. The molecular formula is C15H21N4OS2+. The van der Waals surface area contributed by atoms with Gasteiger partial charge in [-0.3, -0.25) is 0 Å². The Hall–Kier alpha value is -1.28. The first-order valence-electron chi connectivity index (χ1n) is 7.54. The van der Waals surface area contributed by atoms with Crippen LogP contribution in [0.4, 0.5) is 10.8 Å². The van der Waals surface area contributed by atoms with Gasteiger partial charge in [0.1, 0.15) is 12.6 Å². The lowest BCUT2D eigenvalue weighted by molar-refractivity contribution is -0.931. The molecule has 0 radical (unpaired) electrons. The van der Waals surface area contributed by atoms with Crippen molar-refractivity contribution < 1.29 is 10.0 Å². The maximum absolute atomic E-state index is 9.77. The fourth-order valence-electron chi connectivity index (χ4n) is 2.77. The predicted octanol–water partition coefficient (Wildman–Crippen LogP) is 1.72. The summed E-state index contributed by atoms with van der Waals surface area (Å²) >= 11 is 6.91. The number of benzene rings is 1. The van der Waals surface area contributed by atoms with Gasteiger partial charge in [0, 0.05) is 5.69 Å². The van der Waals surface area contributed by atoms with Crippen LogP contribution in [0.5, 0.6) is 0 Å². The molecule has 22 heavy (non-hydrogen) atoms. The molecule has 3 N–H and O–H groups in total. The van der Waals surface area contributed by atoms with E-state index in [1.54, 1.807) is 0 Å². The Morgan fingerprint density at radius 1 is 1.50 bits per heavy atom. The molecule has 118 valence electrons. The van der Waals surface area contributed by atoms with Gasteiger partial charge in [0.25, 0.3) is 0 Å². The van der Waals surface area contributed by atoms with E-state index in [0.717, 1.165) is 47.4 Å². The summed E-state index contributed by atoms with van der Waals surface area (Å²) in [6, 6.07) is 8.13. The van der Waals surface area contributed by atoms with Crippen LogP contribution in [0.3, 0.4) is 0 Å². The average Bonchev–Trinajstić information content (AvgIpc) is 2.81. The van der Waals surface area contributed by atoms with Gasteiger partial charge in [-0.15, -0.1) is 5.10 Å². The molecule has 2 atom stereocenters. The van der Waals surface area contributed by atoms with Gasteiger partial charge in [-0.2, -0.15) is 4.68 Å². The zero-order chi connectivity index (χ0) is 15.5. The maximum Gasteiger partial charge on any atom is 0.209 e. The third kappa shape index (κ3) is 3.73. The van der Waals surface area contributed by atoms with E-state index in [9.17, 15) is 5.11 Å². The van der Waals surface area contributed by atoms with Gasteiger partial charge < -0.3 is 15.3 Å². The highest BCUT2D eigenvalue weighted by molar-refractivity contribution is 7.73. The van der Waals surface area contributed by atoms with Gasteiger partial charge in [0.15, 0.2) is 10.6 Å². The van der Waals surface area contributed by atoms with Crippen LogP contribution in [0.2, 0.25) is 0 Å². The van der Waals surface area contributed by atoms with E-state index in [4.69, 9.17) is 12.2 Å². The number of para-hydroxylation sites is 1. The Bertz CT molecular complexity index is 697. The van der Waals surface area contributed by atoms with Gasteiger partial charge in [-0.1, -0.05) is 29.5 Å². The number of aliphatic hydroxyl groups is 1. The molecular weight excluding hydrogens is 316 g/mol. The maximum atomic E-state index is 9.77. The zero-order valence-electron chi connectivity index (χ0n) is 12.6. The van der Waals surface area contributed by atoms with Crippen LogP contribution in [0.15, 0.2) is 24.3 Å². The number of hydrogen-bond acceptors (Lipinski definition) is 5. The van der Waals surface area contributed by atoms with E-state index in [0.29, 0.717) is 0 Å². The summed E-state index contributed by atoms with van der Waals surface area (Å²) in [7, 11) is 0. The highest BCUT2D eigenvalue weighted by atomic mass is 32.1. The van der Waals surface area contributed by atoms with Crippen molar-refractivity contribution in [2.45, 2.75) is 32.5 Å². The SMILES string of the molecule is Cc1ccccc1Nc1nn(C[NH+]2CCC[C@H](O)C2)c(=S)s1. The van der Waals surface area contributed by atoms with Crippen molar-refractivity contribution in [1.29, 1.82) is 0 Å². The topological polar surface area (TPSA) is 54.5 Å². The number of nitrogens with one attached hydrogen (secondary N) is 2. The minimum absolute atomic E-state index is 0.193. The lowest BCUT2D eigenvalue weighted by Gasteiger charge is -2.26. The first kappa shape index (κ1) is 15.6. The van der Waals surface area contributed by atoms with Crippen LogP contribution in [0.1, 0.15) is 18.4 Å². The number of piperidine rings is 1. The van der Waals surface area contributed by atoms with Crippen molar-refractivity contribution in [1.82, 2.24) is 9.78 Å². The standard InChI is InChI=1S/C15H20N4OS2/c1-11-5-2-3-7-13(11)16-14-17-19(15(21)22-14)10-18-8-4-6-12(20)9-18/h2-3,5,7,12,20H,4,6,8-10H2,1H3,(H,16,17)/p+1/t12-/m0/s1. The van der Waals surface area contributed by atoms with E-state index in [-0.39, 0.29) is 6.10 Å². The largest absolute Gasteiger partial charge is 0.387 e. The van der Waals surface area contributed by atoms with Gasteiger partial charge in [-0.05, 0) is 43.6 Å². The molecule has 0 saturated carbocycles. The predicted molar refractivity (Wildman–Crippen MR) is 91.3 cm³/mol. The van der Waals surface area contributed by atoms with Crippen LogP contribution in [0.25, 0.3) is 0 Å². The molecule has 0 amide bonds. The second-order valence-corrected chi connectivity index (χ2v) is 7.39. The molecule has 1 saturated heterocycles. The average molecular weight is 337 g/mol. The molecule has 1 aromatic carbocycles. The highest BCUT2D eigenvalue weighted by Crippen LogP contribution is 2.22. The fraction of sp³-hybridized carbons (Fsp3) is 0.467. The van der Waals surface area contributed by atoms with Gasteiger partial charge in [0.05, 0.1) is 6.54 Å². The smallest absolute Gasteiger partial charge is 0.209 e. The zero-order valence-corrected chi connectivity index (χ0v) is 14.2. The normalized spacial score (nSPS) is 21.7. The number of aliphatic hydroxyl groups excluding tert-OH is 1. The van der Waals surface area contributed by atoms with Crippen LogP contribution in [-0.4, -0.2) is 34.1 Å². The summed E-state index contributed by atoms with van der Waals surface area (Å²) in [6.07, 6.45) is 1.77. The van der Waals surface area contributed by atoms with Crippen molar-refractivity contribution in [2.75, 3.05) is 18.4 Å². The first-order chi connectivity index (χ1) is 10.6. The number of likely N-dealkylation sites (tertiary alicyclic amines) is 1. The first-order valence-corrected chi connectivity index (χ1v) is 8.76. The molecule has 1 aliphatic heterocycles. The molecule has 0 bridgehead atoms. The third-order valence-corrected chi connectivity index (χ3v) is 5.18. The molecule has 3 rings (SSSR count). The van der Waals surface area contributed by atoms with E-state index in [1.165, 1.54) is 21.8 Å². The molecule has 1 fully saturated rings. The van der Waals surface area contributed by atoms with Gasteiger partial charge in [-0.25, -0.2) is 0 Å². The molecule has 0 spiro atoms. The number of nitrogens with zero attached hydrogens (tertiary/aromatic N) is 2. The van der Waals surface area contributed by atoms with Crippen LogP contribution >= 0.6 is 23.6 Å². The van der Waals surface area contributed by atoms with Crippen molar-refractivity contribution in [2.24, 2.45) is 0 Å². The Morgan fingerprint density at radius 2 is 2.32 bits per heavy atom. The van der Waals surface area contributed by atoms with E-state index >= 15 is 0 Å². The highest BCUT2D eigenvalue weighted by Gasteiger charge is 2.22. The molecule has 2 heterocycles. The minimum atomic E-state index is -0.193. The number of hydrogen-bond donors (Lipinski definition) is 3. The quantitative estimate of drug-likeness (QED) is 0.744. The van der Waals surface area contributed by atoms with Crippen LogP contribution < -0.4 is 10.2 Å². The summed E-state index contributed by atoms with van der Waals surface area (Å²) in [5.41, 5.74) is 2.24. The Balaban J connectivity index is 1.71. The monoisotopic (exact) mass is 337 g/mol. The lowest BCUT2D eigenvalue weighted by Crippen LogP contribution is -3.13. The Kier molecular flexibility index (Phi) is 4.87. The van der Waals surface area contributed by atoms with Gasteiger partial charge >= 0.3 is 0 Å². The van der Waals surface area contributed by atoms with Crippen LogP contribution in [0, 0.1) is 10.9 Å². The molecule has 1 aromatic heterocycles. The molecule has 5 nitrogen and oxygen atoms in total. The summed E-state index contributed by atoms with van der Waals surface area (Å²) in [5, 5.41) is 18.5. The lowest BCUT2D eigenvalue weighted by atomic mass is 10.1. The molecule has 1 unspecified atom stereocenters. The number of aryl methyl sites for hydroxylation is 1. The summed E-state index contributed by atoms with van der Waals surface area (Å²) in [4.78, 5) is 1.34. The second-order valence-electron chi connectivity index (χ2n) is 5.77. The fourth-order valence-corrected chi connectivity index (χ4v) is 3.78. The van der Waals surface area contributed by atoms with E-state index in [2.05, 4.69) is 23.4 Å². The van der Waals surface area contributed by atoms with E-state index < -0.39 is 0 Å². The molecule has 2 aromatic rings. The molecule has 7 heteroatoms. The Labute approximate surface area is 139 Å². The third-order valence-electron chi connectivity index (χ3n) is 3.96. The number of aromatic nitrogens is 2. The van der Waals surface area contributed by atoms with Crippen molar-refractivity contribution >= 4 is 34.4 Å².